The van der Waals surface area contributed by atoms with Gasteiger partial charge in [-0.15, -0.1) is 0 Å². The van der Waals surface area contributed by atoms with Gasteiger partial charge < -0.3 is 4.42 Å². The highest BCUT2D eigenvalue weighted by Gasteiger charge is 2.11. The maximum absolute atomic E-state index is 12.0. The van der Waals surface area contributed by atoms with E-state index in [9.17, 15) is 4.79 Å². The molecule has 0 atom stereocenters. The van der Waals surface area contributed by atoms with Gasteiger partial charge in [0.05, 0.1) is 5.69 Å². The molecule has 3 aromatic rings. The highest BCUT2D eigenvalue weighted by Crippen LogP contribution is 2.19. The van der Waals surface area contributed by atoms with Crippen molar-refractivity contribution in [2.24, 2.45) is 10.2 Å². The number of carbonyl (C=O) groups is 1. The van der Waals surface area contributed by atoms with Crippen LogP contribution in [0, 0.1) is 6.92 Å². The summed E-state index contributed by atoms with van der Waals surface area (Å²) in [6.45, 7) is 1.99. The van der Waals surface area contributed by atoms with Crippen molar-refractivity contribution in [3.05, 3.63) is 65.9 Å². The fourth-order valence-electron chi connectivity index (χ4n) is 1.99. The van der Waals surface area contributed by atoms with E-state index in [1.54, 1.807) is 6.07 Å². The van der Waals surface area contributed by atoms with Crippen molar-refractivity contribution in [3.8, 4) is 0 Å². The Morgan fingerprint density at radius 2 is 1.86 bits per heavy atom. The van der Waals surface area contributed by atoms with Crippen LogP contribution in [0.5, 0.6) is 0 Å². The Morgan fingerprint density at radius 1 is 1.10 bits per heavy atom. The maximum atomic E-state index is 12.0. The van der Waals surface area contributed by atoms with Gasteiger partial charge in [0.1, 0.15) is 12.1 Å². The maximum Gasteiger partial charge on any atom is 0.221 e. The minimum Gasteiger partial charge on any atom is -0.453 e. The number of aryl methyl sites for hydroxylation is 1. The van der Waals surface area contributed by atoms with Crippen molar-refractivity contribution in [1.82, 2.24) is 0 Å². The monoisotopic (exact) mass is 278 g/mol. The van der Waals surface area contributed by atoms with Crippen LogP contribution in [0.2, 0.25) is 0 Å². The van der Waals surface area contributed by atoms with Crippen molar-refractivity contribution in [2.75, 3.05) is 6.54 Å². The molecule has 0 N–H and O–H groups in total. The first-order chi connectivity index (χ1) is 10.2. The van der Waals surface area contributed by atoms with Crippen molar-refractivity contribution >= 4 is 22.4 Å². The molecule has 3 rings (SSSR count). The molecule has 4 heteroatoms. The van der Waals surface area contributed by atoms with Crippen molar-refractivity contribution in [3.63, 3.8) is 0 Å². The quantitative estimate of drug-likeness (QED) is 0.512. The molecular weight excluding hydrogens is 264 g/mol. The number of benzene rings is 2. The van der Waals surface area contributed by atoms with E-state index in [0.29, 0.717) is 11.3 Å². The van der Waals surface area contributed by atoms with Gasteiger partial charge in [0.25, 0.3) is 0 Å². The Labute approximate surface area is 122 Å². The standard InChI is InChI=1S/C17H14N2O2/c1-12-6-8-14(9-7-12)19-18-11-15(20)17-10-13-4-2-3-5-16(13)21-17/h2-10H,11H2,1H3. The van der Waals surface area contributed by atoms with Crippen LogP contribution in [-0.4, -0.2) is 12.3 Å². The number of fused-ring (bicyclic) bond motifs is 1. The third-order valence-corrected chi connectivity index (χ3v) is 3.13. The lowest BCUT2D eigenvalue weighted by atomic mass is 10.2. The Kier molecular flexibility index (Phi) is 3.60. The van der Waals surface area contributed by atoms with Gasteiger partial charge in [0.15, 0.2) is 5.76 Å². The second-order valence-electron chi connectivity index (χ2n) is 4.81. The topological polar surface area (TPSA) is 54.9 Å². The fourth-order valence-corrected chi connectivity index (χ4v) is 1.99. The minimum absolute atomic E-state index is 0.0201. The van der Waals surface area contributed by atoms with Gasteiger partial charge in [-0.1, -0.05) is 35.9 Å². The average Bonchev–Trinajstić information content (AvgIpc) is 2.93. The smallest absolute Gasteiger partial charge is 0.221 e. The molecule has 0 amide bonds. The van der Waals surface area contributed by atoms with Crippen LogP contribution < -0.4 is 0 Å². The first-order valence-electron chi connectivity index (χ1n) is 6.68. The lowest BCUT2D eigenvalue weighted by Gasteiger charge is -1.93. The van der Waals surface area contributed by atoms with Gasteiger partial charge in [-0.3, -0.25) is 4.79 Å². The molecule has 0 radical (unpaired) electrons. The molecule has 2 aromatic carbocycles. The van der Waals surface area contributed by atoms with E-state index in [-0.39, 0.29) is 12.3 Å². The lowest BCUT2D eigenvalue weighted by molar-refractivity contribution is 0.0976. The number of nitrogens with zero attached hydrogens (tertiary/aromatic N) is 2. The third kappa shape index (κ3) is 3.05. The summed E-state index contributed by atoms with van der Waals surface area (Å²) in [6.07, 6.45) is 0. The van der Waals surface area contributed by atoms with E-state index in [1.165, 1.54) is 0 Å². The minimum atomic E-state index is -0.179. The van der Waals surface area contributed by atoms with Crippen LogP contribution in [0.3, 0.4) is 0 Å². The summed E-state index contributed by atoms with van der Waals surface area (Å²) in [5, 5.41) is 8.88. The molecule has 0 bridgehead atoms. The van der Waals surface area contributed by atoms with Gasteiger partial charge in [0, 0.05) is 5.39 Å². The van der Waals surface area contributed by atoms with Crippen molar-refractivity contribution < 1.29 is 9.21 Å². The SMILES string of the molecule is Cc1ccc(N=NCC(=O)c2cc3ccccc3o2)cc1. The fraction of sp³-hybridized carbons (Fsp3) is 0.118. The first-order valence-corrected chi connectivity index (χ1v) is 6.68. The molecule has 0 saturated carbocycles. The molecule has 0 fully saturated rings. The van der Waals surface area contributed by atoms with Gasteiger partial charge in [-0.25, -0.2) is 0 Å². The molecule has 0 saturated heterocycles. The predicted octanol–water partition coefficient (Wildman–Crippen LogP) is 4.71. The Morgan fingerprint density at radius 3 is 2.62 bits per heavy atom. The van der Waals surface area contributed by atoms with Crippen LogP contribution >= 0.6 is 0 Å². The molecule has 0 aliphatic rings. The summed E-state index contributed by atoms with van der Waals surface area (Å²) in [5.74, 6) is 0.140. The number of hydrogen-bond donors (Lipinski definition) is 0. The second kappa shape index (κ2) is 5.71. The number of carbonyl (C=O) groups excluding carboxylic acids is 1. The molecule has 0 spiro atoms. The summed E-state index contributed by atoms with van der Waals surface area (Å²) >= 11 is 0. The molecular formula is C17H14N2O2. The van der Waals surface area contributed by atoms with Crippen LogP contribution in [0.25, 0.3) is 11.0 Å². The van der Waals surface area contributed by atoms with Crippen LogP contribution in [0.1, 0.15) is 16.1 Å². The lowest BCUT2D eigenvalue weighted by Crippen LogP contribution is -2.00. The van der Waals surface area contributed by atoms with Gasteiger partial charge in [-0.05, 0) is 31.2 Å². The van der Waals surface area contributed by atoms with Crippen molar-refractivity contribution in [2.45, 2.75) is 6.92 Å². The van der Waals surface area contributed by atoms with E-state index in [4.69, 9.17) is 4.42 Å². The highest BCUT2D eigenvalue weighted by atomic mass is 16.3. The highest BCUT2D eigenvalue weighted by molar-refractivity contribution is 5.98. The van der Waals surface area contributed by atoms with Crippen LogP contribution in [0.15, 0.2) is 69.2 Å². The zero-order valence-corrected chi connectivity index (χ0v) is 11.6. The van der Waals surface area contributed by atoms with Gasteiger partial charge in [0.2, 0.25) is 5.78 Å². The van der Waals surface area contributed by atoms with Crippen LogP contribution in [0.4, 0.5) is 5.69 Å². The summed E-state index contributed by atoms with van der Waals surface area (Å²) in [5.41, 5.74) is 2.60. The largest absolute Gasteiger partial charge is 0.453 e. The number of furan rings is 1. The van der Waals surface area contributed by atoms with E-state index in [2.05, 4.69) is 10.2 Å². The van der Waals surface area contributed by atoms with Crippen molar-refractivity contribution in [1.29, 1.82) is 0 Å². The summed E-state index contributed by atoms with van der Waals surface area (Å²) in [4.78, 5) is 12.0. The number of ketones is 1. The van der Waals surface area contributed by atoms with E-state index >= 15 is 0 Å². The number of azo groups is 1. The summed E-state index contributed by atoms with van der Waals surface area (Å²) in [6, 6.07) is 16.9. The average molecular weight is 278 g/mol. The first kappa shape index (κ1) is 13.2. The molecule has 1 aromatic heterocycles. The molecule has 0 aliphatic heterocycles. The predicted molar refractivity (Wildman–Crippen MR) is 81.1 cm³/mol. The Balaban J connectivity index is 1.70. The zero-order chi connectivity index (χ0) is 14.7. The molecule has 0 unspecified atom stereocenters. The zero-order valence-electron chi connectivity index (χ0n) is 11.6. The number of hydrogen-bond acceptors (Lipinski definition) is 4. The number of para-hydroxylation sites is 1. The summed E-state index contributed by atoms with van der Waals surface area (Å²) < 4.78 is 5.50. The third-order valence-electron chi connectivity index (χ3n) is 3.13. The van der Waals surface area contributed by atoms with E-state index < -0.39 is 0 Å². The Hall–Kier alpha value is -2.75. The van der Waals surface area contributed by atoms with Gasteiger partial charge in [-0.2, -0.15) is 10.2 Å². The van der Waals surface area contributed by atoms with Crippen LogP contribution in [-0.2, 0) is 0 Å². The molecule has 4 nitrogen and oxygen atoms in total. The second-order valence-corrected chi connectivity index (χ2v) is 4.81. The summed E-state index contributed by atoms with van der Waals surface area (Å²) in [7, 11) is 0. The normalized spacial score (nSPS) is 11.3. The molecule has 1 heterocycles. The van der Waals surface area contributed by atoms with E-state index in [0.717, 1.165) is 16.6 Å². The Bertz CT molecular complexity index is 768. The number of Topliss-reactive ketones (excluding diaryl/α,β-unsaturated/α-hetero) is 1. The number of rotatable bonds is 4. The van der Waals surface area contributed by atoms with E-state index in [1.807, 2.05) is 55.5 Å². The molecule has 104 valence electrons. The molecule has 0 aliphatic carbocycles. The molecule has 21 heavy (non-hydrogen) atoms. The van der Waals surface area contributed by atoms with Gasteiger partial charge >= 0.3 is 0 Å².